The molecule has 0 aliphatic carbocycles. The summed E-state index contributed by atoms with van der Waals surface area (Å²) in [4.78, 5) is 10.1. The van der Waals surface area contributed by atoms with Crippen LogP contribution in [0.1, 0.15) is 12.0 Å². The maximum Gasteiger partial charge on any atom is 0.287 e. The van der Waals surface area contributed by atoms with Crippen LogP contribution in [-0.4, -0.2) is 24.6 Å². The summed E-state index contributed by atoms with van der Waals surface area (Å²) in [6.07, 6.45) is 1.13. The Morgan fingerprint density at radius 2 is 2.44 bits per heavy atom. The fourth-order valence-electron chi connectivity index (χ4n) is 2.05. The van der Waals surface area contributed by atoms with Gasteiger partial charge in [-0.25, -0.2) is 0 Å². The van der Waals surface area contributed by atoms with E-state index in [1.807, 2.05) is 6.07 Å². The molecule has 1 aliphatic heterocycles. The Hall–Kier alpha value is -2.13. The lowest BCUT2D eigenvalue weighted by Gasteiger charge is -2.11. The molecule has 6 heteroatoms. The Balaban J connectivity index is 2.05. The van der Waals surface area contributed by atoms with Gasteiger partial charge < -0.3 is 10.6 Å². The fraction of sp³-hybridized carbons (Fsp3) is 0.417. The summed E-state index contributed by atoms with van der Waals surface area (Å²) in [5, 5.41) is 26.1. The monoisotopic (exact) mass is 246 g/mol. The van der Waals surface area contributed by atoms with Crippen molar-refractivity contribution in [3.8, 4) is 6.07 Å². The minimum Gasteiger partial charge on any atom is -0.385 e. The van der Waals surface area contributed by atoms with Gasteiger partial charge in [-0.1, -0.05) is 0 Å². The molecule has 1 saturated heterocycles. The molecule has 0 aromatic heterocycles. The van der Waals surface area contributed by atoms with Gasteiger partial charge in [0.15, 0.2) is 0 Å². The SMILES string of the molecule is N#Cc1cc(NCC2CCNC2)ccc1[N+](=O)[O-]. The lowest BCUT2D eigenvalue weighted by Crippen LogP contribution is -2.17. The zero-order valence-corrected chi connectivity index (χ0v) is 9.85. The van der Waals surface area contributed by atoms with E-state index < -0.39 is 4.92 Å². The van der Waals surface area contributed by atoms with Crippen molar-refractivity contribution in [2.24, 2.45) is 5.92 Å². The molecule has 0 amide bonds. The molecule has 1 fully saturated rings. The third kappa shape index (κ3) is 2.76. The van der Waals surface area contributed by atoms with Crippen LogP contribution in [0.3, 0.4) is 0 Å². The molecule has 94 valence electrons. The van der Waals surface area contributed by atoms with Crippen LogP contribution < -0.4 is 10.6 Å². The predicted octanol–water partition coefficient (Wildman–Crippen LogP) is 1.49. The molecule has 0 bridgehead atoms. The van der Waals surface area contributed by atoms with E-state index in [2.05, 4.69) is 10.6 Å². The number of nitrogens with one attached hydrogen (secondary N) is 2. The van der Waals surface area contributed by atoms with Gasteiger partial charge in [-0.2, -0.15) is 5.26 Å². The number of nitriles is 1. The van der Waals surface area contributed by atoms with E-state index in [-0.39, 0.29) is 11.3 Å². The number of benzene rings is 1. The van der Waals surface area contributed by atoms with Crippen molar-refractivity contribution in [2.45, 2.75) is 6.42 Å². The smallest absolute Gasteiger partial charge is 0.287 e. The molecule has 2 rings (SSSR count). The van der Waals surface area contributed by atoms with E-state index in [0.29, 0.717) is 5.92 Å². The molecule has 0 spiro atoms. The van der Waals surface area contributed by atoms with Crippen molar-refractivity contribution >= 4 is 11.4 Å². The molecule has 18 heavy (non-hydrogen) atoms. The summed E-state index contributed by atoms with van der Waals surface area (Å²) in [6, 6.07) is 6.39. The molecule has 1 aliphatic rings. The Kier molecular flexibility index (Phi) is 3.75. The van der Waals surface area contributed by atoms with Crippen molar-refractivity contribution in [1.82, 2.24) is 5.32 Å². The summed E-state index contributed by atoms with van der Waals surface area (Å²) < 4.78 is 0. The van der Waals surface area contributed by atoms with Gasteiger partial charge in [-0.3, -0.25) is 10.1 Å². The zero-order valence-electron chi connectivity index (χ0n) is 9.85. The fourth-order valence-corrected chi connectivity index (χ4v) is 2.05. The molecule has 2 N–H and O–H groups in total. The van der Waals surface area contributed by atoms with Gasteiger partial charge in [0.1, 0.15) is 11.6 Å². The van der Waals surface area contributed by atoms with Crippen molar-refractivity contribution in [2.75, 3.05) is 25.0 Å². The van der Waals surface area contributed by atoms with Crippen LogP contribution in [0.25, 0.3) is 0 Å². The van der Waals surface area contributed by atoms with Gasteiger partial charge in [0, 0.05) is 18.3 Å². The standard InChI is InChI=1S/C12H14N4O2/c13-6-10-5-11(1-2-12(10)16(17)18)15-8-9-3-4-14-7-9/h1-2,5,9,14-15H,3-4,7-8H2. The zero-order chi connectivity index (χ0) is 13.0. The molecule has 1 heterocycles. The topological polar surface area (TPSA) is 91.0 Å². The van der Waals surface area contributed by atoms with Crippen molar-refractivity contribution < 1.29 is 4.92 Å². The quantitative estimate of drug-likeness (QED) is 0.620. The Morgan fingerprint density at radius 3 is 3.06 bits per heavy atom. The van der Waals surface area contributed by atoms with E-state index in [1.54, 1.807) is 6.07 Å². The minimum atomic E-state index is -0.538. The van der Waals surface area contributed by atoms with Crippen LogP contribution in [0.4, 0.5) is 11.4 Å². The minimum absolute atomic E-state index is 0.0922. The summed E-state index contributed by atoms with van der Waals surface area (Å²) >= 11 is 0. The first-order valence-electron chi connectivity index (χ1n) is 5.84. The lowest BCUT2D eigenvalue weighted by molar-refractivity contribution is -0.385. The summed E-state index contributed by atoms with van der Waals surface area (Å²) in [6.45, 7) is 2.84. The van der Waals surface area contributed by atoms with Crippen LogP contribution in [0, 0.1) is 27.4 Å². The number of rotatable bonds is 4. The molecular formula is C12H14N4O2. The van der Waals surface area contributed by atoms with Gasteiger partial charge in [-0.15, -0.1) is 0 Å². The van der Waals surface area contributed by atoms with Crippen LogP contribution in [0.2, 0.25) is 0 Å². The number of hydrogen-bond donors (Lipinski definition) is 2. The first-order valence-corrected chi connectivity index (χ1v) is 5.84. The first-order chi connectivity index (χ1) is 8.70. The average molecular weight is 246 g/mol. The second kappa shape index (κ2) is 5.47. The third-order valence-corrected chi connectivity index (χ3v) is 3.07. The Labute approximate surface area is 105 Å². The van der Waals surface area contributed by atoms with Crippen LogP contribution in [0.5, 0.6) is 0 Å². The first kappa shape index (κ1) is 12.3. The van der Waals surface area contributed by atoms with E-state index in [0.717, 1.165) is 31.7 Å². The molecule has 0 radical (unpaired) electrons. The van der Waals surface area contributed by atoms with Gasteiger partial charge >= 0.3 is 0 Å². The summed E-state index contributed by atoms with van der Waals surface area (Å²) in [5.74, 6) is 0.575. The normalized spacial score (nSPS) is 18.3. The maximum atomic E-state index is 10.7. The maximum absolute atomic E-state index is 10.7. The number of hydrogen-bond acceptors (Lipinski definition) is 5. The molecule has 1 atom stereocenters. The Morgan fingerprint density at radius 1 is 1.61 bits per heavy atom. The number of anilines is 1. The number of nitro groups is 1. The van der Waals surface area contributed by atoms with Crippen molar-refractivity contribution in [3.63, 3.8) is 0 Å². The van der Waals surface area contributed by atoms with E-state index in [4.69, 9.17) is 5.26 Å². The molecule has 1 aromatic rings. The van der Waals surface area contributed by atoms with Crippen LogP contribution in [0.15, 0.2) is 18.2 Å². The van der Waals surface area contributed by atoms with E-state index >= 15 is 0 Å². The van der Waals surface area contributed by atoms with Gasteiger partial charge in [0.05, 0.1) is 4.92 Å². The van der Waals surface area contributed by atoms with Gasteiger partial charge in [0.25, 0.3) is 5.69 Å². The van der Waals surface area contributed by atoms with E-state index in [1.165, 1.54) is 12.1 Å². The highest BCUT2D eigenvalue weighted by molar-refractivity contribution is 5.58. The molecule has 1 aromatic carbocycles. The molecule has 0 saturated carbocycles. The van der Waals surface area contributed by atoms with Gasteiger partial charge in [-0.05, 0) is 37.6 Å². The van der Waals surface area contributed by atoms with Crippen LogP contribution >= 0.6 is 0 Å². The number of nitrogens with zero attached hydrogens (tertiary/aromatic N) is 2. The van der Waals surface area contributed by atoms with Crippen molar-refractivity contribution in [3.05, 3.63) is 33.9 Å². The van der Waals surface area contributed by atoms with Crippen LogP contribution in [-0.2, 0) is 0 Å². The summed E-state index contributed by atoms with van der Waals surface area (Å²) in [5.41, 5.74) is 0.698. The second-order valence-electron chi connectivity index (χ2n) is 4.34. The lowest BCUT2D eigenvalue weighted by atomic mass is 10.1. The molecule has 1 unspecified atom stereocenters. The second-order valence-corrected chi connectivity index (χ2v) is 4.34. The highest BCUT2D eigenvalue weighted by Crippen LogP contribution is 2.22. The number of nitro benzene ring substituents is 1. The summed E-state index contributed by atoms with van der Waals surface area (Å²) in [7, 11) is 0. The molecule has 6 nitrogen and oxygen atoms in total. The Bertz CT molecular complexity index is 489. The third-order valence-electron chi connectivity index (χ3n) is 3.07. The average Bonchev–Trinajstić information content (AvgIpc) is 2.88. The van der Waals surface area contributed by atoms with E-state index in [9.17, 15) is 10.1 Å². The highest BCUT2D eigenvalue weighted by Gasteiger charge is 2.16. The van der Waals surface area contributed by atoms with Gasteiger partial charge in [0.2, 0.25) is 0 Å². The van der Waals surface area contributed by atoms with Crippen molar-refractivity contribution in [1.29, 1.82) is 5.26 Å². The largest absolute Gasteiger partial charge is 0.385 e. The molecular weight excluding hydrogens is 232 g/mol. The highest BCUT2D eigenvalue weighted by atomic mass is 16.6. The predicted molar refractivity (Wildman–Crippen MR) is 67.3 cm³/mol.